The first-order valence-electron chi connectivity index (χ1n) is 4.43. The Morgan fingerprint density at radius 3 is 2.50 bits per heavy atom. The molecule has 1 aromatic carbocycles. The highest BCUT2D eigenvalue weighted by atomic mass is 35.5. The summed E-state index contributed by atoms with van der Waals surface area (Å²) >= 11 is 5.83. The van der Waals surface area contributed by atoms with E-state index >= 15 is 0 Å². The Kier molecular flexibility index (Phi) is 4.19. The van der Waals surface area contributed by atoms with Crippen LogP contribution in [0, 0.1) is 0 Å². The predicted octanol–water partition coefficient (Wildman–Crippen LogP) is 1.36. The van der Waals surface area contributed by atoms with Crippen molar-refractivity contribution in [2.24, 2.45) is 0 Å². The van der Waals surface area contributed by atoms with E-state index < -0.39 is 17.7 Å². The van der Waals surface area contributed by atoms with Crippen LogP contribution in [-0.4, -0.2) is 25.1 Å². The predicted molar refractivity (Wildman–Crippen MR) is 57.3 cm³/mol. The first-order valence-corrected chi connectivity index (χ1v) is 4.81. The minimum Gasteiger partial charge on any atom is -0.463 e. The van der Waals surface area contributed by atoms with Crippen LogP contribution >= 0.6 is 11.6 Å². The smallest absolute Gasteiger partial charge is 0.375 e. The first kappa shape index (κ1) is 12.4. The largest absolute Gasteiger partial charge is 0.463 e. The molecule has 0 heterocycles. The van der Waals surface area contributed by atoms with Gasteiger partial charge in [0.25, 0.3) is 5.78 Å². The van der Waals surface area contributed by atoms with Gasteiger partial charge >= 0.3 is 5.97 Å². The van der Waals surface area contributed by atoms with Crippen molar-refractivity contribution in [1.82, 2.24) is 0 Å². The minimum absolute atomic E-state index is 0.261. The second kappa shape index (κ2) is 5.42. The molecule has 0 saturated carbocycles. The van der Waals surface area contributed by atoms with Crippen LogP contribution in [0.1, 0.15) is 11.5 Å². The average Bonchev–Trinajstić information content (AvgIpc) is 2.31. The highest BCUT2D eigenvalue weighted by Crippen LogP contribution is 2.23. The molecule has 0 radical (unpaired) electrons. The number of esters is 1. The molecule has 1 aromatic rings. The Morgan fingerprint density at radius 2 is 2.00 bits per heavy atom. The van der Waals surface area contributed by atoms with Gasteiger partial charge in [-0.2, -0.15) is 0 Å². The van der Waals surface area contributed by atoms with Crippen LogP contribution in [0.2, 0.25) is 5.02 Å². The molecule has 0 aliphatic heterocycles. The molecule has 0 N–H and O–H groups in total. The van der Waals surface area contributed by atoms with Crippen LogP contribution in [0.5, 0.6) is 0 Å². The van der Waals surface area contributed by atoms with E-state index in [0.29, 0.717) is 11.8 Å². The quantitative estimate of drug-likeness (QED) is 0.345. The minimum atomic E-state index is -1.21. The molecule has 1 atom stereocenters. The Bertz CT molecular complexity index is 428. The van der Waals surface area contributed by atoms with E-state index in [-0.39, 0.29) is 5.02 Å². The summed E-state index contributed by atoms with van der Waals surface area (Å²) in [6.45, 7) is 0. The molecule has 0 amide bonds. The van der Waals surface area contributed by atoms with Gasteiger partial charge < -0.3 is 9.53 Å². The van der Waals surface area contributed by atoms with Gasteiger partial charge in [-0.15, -0.1) is 0 Å². The SMILES string of the molecule is COC(=O)C(=O)C(C=O)c1ccccc1Cl. The molecule has 0 aliphatic rings. The zero-order valence-electron chi connectivity index (χ0n) is 8.48. The number of carbonyl (C=O) groups excluding carboxylic acids is 3. The van der Waals surface area contributed by atoms with Crippen molar-refractivity contribution in [2.75, 3.05) is 7.11 Å². The van der Waals surface area contributed by atoms with Gasteiger partial charge in [-0.25, -0.2) is 4.79 Å². The fraction of sp³-hybridized carbons (Fsp3) is 0.182. The molecule has 0 fully saturated rings. The number of methoxy groups -OCH3 is 1. The fourth-order valence-corrected chi connectivity index (χ4v) is 1.48. The fourth-order valence-electron chi connectivity index (χ4n) is 1.23. The van der Waals surface area contributed by atoms with Crippen molar-refractivity contribution in [3.8, 4) is 0 Å². The molecule has 1 rings (SSSR count). The van der Waals surface area contributed by atoms with Crippen LogP contribution in [0.4, 0.5) is 0 Å². The van der Waals surface area contributed by atoms with E-state index in [4.69, 9.17) is 11.6 Å². The zero-order valence-corrected chi connectivity index (χ0v) is 9.23. The number of hydrogen-bond acceptors (Lipinski definition) is 4. The molecule has 0 saturated heterocycles. The number of ketones is 1. The highest BCUT2D eigenvalue weighted by molar-refractivity contribution is 6.40. The number of aldehydes is 1. The summed E-state index contributed by atoms with van der Waals surface area (Å²) in [5.41, 5.74) is 0.301. The Hall–Kier alpha value is -1.68. The van der Waals surface area contributed by atoms with E-state index in [0.717, 1.165) is 7.11 Å². The van der Waals surface area contributed by atoms with Gasteiger partial charge in [0.1, 0.15) is 12.2 Å². The Morgan fingerprint density at radius 1 is 1.38 bits per heavy atom. The van der Waals surface area contributed by atoms with Crippen LogP contribution < -0.4 is 0 Å². The van der Waals surface area contributed by atoms with Gasteiger partial charge in [0, 0.05) is 5.02 Å². The van der Waals surface area contributed by atoms with Gasteiger partial charge in [-0.1, -0.05) is 29.8 Å². The van der Waals surface area contributed by atoms with E-state index in [2.05, 4.69) is 4.74 Å². The maximum Gasteiger partial charge on any atom is 0.375 e. The highest BCUT2D eigenvalue weighted by Gasteiger charge is 2.28. The third-order valence-electron chi connectivity index (χ3n) is 2.05. The van der Waals surface area contributed by atoms with Crippen molar-refractivity contribution >= 4 is 29.6 Å². The number of benzene rings is 1. The van der Waals surface area contributed by atoms with Crippen LogP contribution in [0.15, 0.2) is 24.3 Å². The third-order valence-corrected chi connectivity index (χ3v) is 2.39. The summed E-state index contributed by atoms with van der Waals surface area (Å²) < 4.78 is 4.27. The summed E-state index contributed by atoms with van der Waals surface area (Å²) in [5.74, 6) is -3.19. The number of hydrogen-bond donors (Lipinski definition) is 0. The molecule has 84 valence electrons. The molecular weight excluding hydrogens is 232 g/mol. The van der Waals surface area contributed by atoms with Crippen molar-refractivity contribution < 1.29 is 19.1 Å². The summed E-state index contributed by atoms with van der Waals surface area (Å²) in [6, 6.07) is 6.35. The van der Waals surface area contributed by atoms with Crippen molar-refractivity contribution in [3.05, 3.63) is 34.9 Å². The zero-order chi connectivity index (χ0) is 12.1. The molecule has 0 aliphatic carbocycles. The first-order chi connectivity index (χ1) is 7.61. The molecule has 0 spiro atoms. The second-order valence-corrected chi connectivity index (χ2v) is 3.40. The molecule has 0 aromatic heterocycles. The number of carbonyl (C=O) groups is 3. The van der Waals surface area contributed by atoms with Crippen LogP contribution in [-0.2, 0) is 19.1 Å². The molecule has 4 nitrogen and oxygen atoms in total. The summed E-state index contributed by atoms with van der Waals surface area (Å²) in [6.07, 6.45) is 0.375. The van der Waals surface area contributed by atoms with Gasteiger partial charge in [-0.3, -0.25) is 4.79 Å². The Balaban J connectivity index is 3.09. The van der Waals surface area contributed by atoms with Crippen LogP contribution in [0.25, 0.3) is 0 Å². The summed E-state index contributed by atoms with van der Waals surface area (Å²) in [5, 5.41) is 0.261. The van der Waals surface area contributed by atoms with Crippen LogP contribution in [0.3, 0.4) is 0 Å². The van der Waals surface area contributed by atoms with E-state index in [1.165, 1.54) is 12.1 Å². The lowest BCUT2D eigenvalue weighted by Crippen LogP contribution is -2.24. The van der Waals surface area contributed by atoms with E-state index in [9.17, 15) is 14.4 Å². The average molecular weight is 241 g/mol. The molecule has 0 bridgehead atoms. The number of Topliss-reactive ketones (excluding diaryl/α,β-unsaturated/α-hetero) is 1. The molecular formula is C11H9ClO4. The maximum absolute atomic E-state index is 11.5. The summed E-state index contributed by atoms with van der Waals surface area (Å²) in [7, 11) is 1.08. The summed E-state index contributed by atoms with van der Waals surface area (Å²) in [4.78, 5) is 33.3. The number of rotatable bonds is 4. The van der Waals surface area contributed by atoms with Crippen molar-refractivity contribution in [3.63, 3.8) is 0 Å². The lowest BCUT2D eigenvalue weighted by Gasteiger charge is -2.09. The van der Waals surface area contributed by atoms with Crippen molar-refractivity contribution in [1.29, 1.82) is 0 Å². The lowest BCUT2D eigenvalue weighted by atomic mass is 9.96. The monoisotopic (exact) mass is 240 g/mol. The lowest BCUT2D eigenvalue weighted by molar-refractivity contribution is -0.152. The van der Waals surface area contributed by atoms with Gasteiger partial charge in [-0.05, 0) is 11.6 Å². The molecule has 16 heavy (non-hydrogen) atoms. The van der Waals surface area contributed by atoms with Crippen molar-refractivity contribution in [2.45, 2.75) is 5.92 Å². The van der Waals surface area contributed by atoms with E-state index in [1.807, 2.05) is 0 Å². The number of halogens is 1. The van der Waals surface area contributed by atoms with Gasteiger partial charge in [0.05, 0.1) is 7.11 Å². The Labute approximate surface area is 97.2 Å². The third kappa shape index (κ3) is 2.46. The number of ether oxygens (including phenoxy) is 1. The maximum atomic E-state index is 11.5. The molecule has 1 unspecified atom stereocenters. The molecule has 5 heteroatoms. The topological polar surface area (TPSA) is 60.4 Å². The normalized spacial score (nSPS) is 11.6. The second-order valence-electron chi connectivity index (χ2n) is 2.99. The standard InChI is InChI=1S/C11H9ClO4/c1-16-11(15)10(14)8(6-13)7-4-2-3-5-9(7)12/h2-6,8H,1H3. The van der Waals surface area contributed by atoms with Gasteiger partial charge in [0.15, 0.2) is 0 Å². The van der Waals surface area contributed by atoms with E-state index in [1.54, 1.807) is 12.1 Å². The van der Waals surface area contributed by atoms with Gasteiger partial charge in [0.2, 0.25) is 0 Å².